The third-order valence-corrected chi connectivity index (χ3v) is 3.85. The molecule has 0 radical (unpaired) electrons. The van der Waals surface area contributed by atoms with Crippen molar-refractivity contribution in [2.45, 2.75) is 25.2 Å². The Hall–Kier alpha value is -0.850. The predicted octanol–water partition coefficient (Wildman–Crippen LogP) is 3.54. The van der Waals surface area contributed by atoms with Gasteiger partial charge in [-0.2, -0.15) is 5.26 Å². The number of benzene rings is 1. The van der Waals surface area contributed by atoms with Crippen LogP contribution >= 0.6 is 15.9 Å². The molecule has 0 aliphatic carbocycles. The van der Waals surface area contributed by atoms with Crippen molar-refractivity contribution in [3.8, 4) is 6.07 Å². The second-order valence-corrected chi connectivity index (χ2v) is 5.51. The van der Waals surface area contributed by atoms with Crippen molar-refractivity contribution < 1.29 is 0 Å². The van der Waals surface area contributed by atoms with E-state index in [1.165, 1.54) is 19.3 Å². The highest BCUT2D eigenvalue weighted by Gasteiger charge is 2.17. The van der Waals surface area contributed by atoms with Gasteiger partial charge < -0.3 is 4.90 Å². The molecule has 0 spiro atoms. The van der Waals surface area contributed by atoms with E-state index in [4.69, 9.17) is 0 Å². The van der Waals surface area contributed by atoms with Crippen LogP contribution in [0.25, 0.3) is 0 Å². The smallest absolute Gasteiger partial charge is 0.0839 e. The molecule has 1 heterocycles. The molecular formula is C14H17BrN2. The van der Waals surface area contributed by atoms with Gasteiger partial charge in [-0.1, -0.05) is 34.5 Å². The average Bonchev–Trinajstić information content (AvgIpc) is 2.38. The number of nitrogens with zero attached hydrogens (tertiary/aromatic N) is 2. The zero-order chi connectivity index (χ0) is 12.1. The first-order valence-electron chi connectivity index (χ1n) is 6.17. The van der Waals surface area contributed by atoms with Gasteiger partial charge in [-0.3, -0.25) is 0 Å². The molecule has 1 aliphatic heterocycles. The van der Waals surface area contributed by atoms with Crippen molar-refractivity contribution in [3.63, 3.8) is 0 Å². The molecule has 0 amide bonds. The molecule has 1 atom stereocenters. The number of nitriles is 1. The topological polar surface area (TPSA) is 27.0 Å². The molecule has 1 saturated heterocycles. The molecule has 0 bridgehead atoms. The Morgan fingerprint density at radius 1 is 1.18 bits per heavy atom. The van der Waals surface area contributed by atoms with Crippen LogP contribution in [0, 0.1) is 11.3 Å². The fourth-order valence-corrected chi connectivity index (χ4v) is 2.58. The monoisotopic (exact) mass is 292 g/mol. The first kappa shape index (κ1) is 12.6. The summed E-state index contributed by atoms with van der Waals surface area (Å²) >= 11 is 3.42. The fourth-order valence-electron chi connectivity index (χ4n) is 2.32. The molecule has 2 nitrogen and oxygen atoms in total. The van der Waals surface area contributed by atoms with E-state index in [0.717, 1.165) is 29.7 Å². The van der Waals surface area contributed by atoms with Gasteiger partial charge in [-0.25, -0.2) is 0 Å². The summed E-state index contributed by atoms with van der Waals surface area (Å²) in [5, 5.41) is 9.29. The summed E-state index contributed by atoms with van der Waals surface area (Å²) in [5.74, 6) is 0.00111. The number of halogens is 1. The summed E-state index contributed by atoms with van der Waals surface area (Å²) in [6.07, 6.45) is 3.89. The standard InChI is InChI=1S/C14H17BrN2/c15-14-6-4-12(5-7-14)13(10-16)11-17-8-2-1-3-9-17/h4-7,13H,1-3,8-9,11H2. The minimum atomic E-state index is 0.00111. The Bertz CT molecular complexity index is 388. The predicted molar refractivity (Wildman–Crippen MR) is 72.8 cm³/mol. The second-order valence-electron chi connectivity index (χ2n) is 4.59. The second kappa shape index (κ2) is 6.18. The van der Waals surface area contributed by atoms with E-state index >= 15 is 0 Å². The van der Waals surface area contributed by atoms with Gasteiger partial charge in [-0.05, 0) is 43.6 Å². The Balaban J connectivity index is 2.01. The fraction of sp³-hybridized carbons (Fsp3) is 0.500. The van der Waals surface area contributed by atoms with Crippen LogP contribution in [0.15, 0.2) is 28.7 Å². The van der Waals surface area contributed by atoms with Crippen LogP contribution in [0.5, 0.6) is 0 Å². The molecule has 0 N–H and O–H groups in total. The summed E-state index contributed by atoms with van der Waals surface area (Å²) in [7, 11) is 0. The number of hydrogen-bond acceptors (Lipinski definition) is 2. The van der Waals surface area contributed by atoms with Gasteiger partial charge in [0.15, 0.2) is 0 Å². The van der Waals surface area contributed by atoms with Crippen LogP contribution in [0.1, 0.15) is 30.7 Å². The Labute approximate surface area is 111 Å². The van der Waals surface area contributed by atoms with Crippen LogP contribution in [0.3, 0.4) is 0 Å². The summed E-state index contributed by atoms with van der Waals surface area (Å²) in [5.41, 5.74) is 1.13. The summed E-state index contributed by atoms with van der Waals surface area (Å²) < 4.78 is 1.07. The molecule has 1 aliphatic rings. The van der Waals surface area contributed by atoms with Crippen LogP contribution in [0.2, 0.25) is 0 Å². The lowest BCUT2D eigenvalue weighted by Gasteiger charge is -2.28. The lowest BCUT2D eigenvalue weighted by atomic mass is 9.99. The molecule has 3 heteroatoms. The largest absolute Gasteiger partial charge is 0.302 e. The highest BCUT2D eigenvalue weighted by Crippen LogP contribution is 2.21. The van der Waals surface area contributed by atoms with Crippen molar-refractivity contribution in [2.75, 3.05) is 19.6 Å². The van der Waals surface area contributed by atoms with Crippen LogP contribution in [-0.2, 0) is 0 Å². The SMILES string of the molecule is N#CC(CN1CCCCC1)c1ccc(Br)cc1. The van der Waals surface area contributed by atoms with Gasteiger partial charge in [0.25, 0.3) is 0 Å². The third-order valence-electron chi connectivity index (χ3n) is 3.32. The van der Waals surface area contributed by atoms with Crippen molar-refractivity contribution in [2.24, 2.45) is 0 Å². The third kappa shape index (κ3) is 3.55. The quantitative estimate of drug-likeness (QED) is 0.852. The lowest BCUT2D eigenvalue weighted by molar-refractivity contribution is 0.225. The van der Waals surface area contributed by atoms with Crippen LogP contribution in [0.4, 0.5) is 0 Å². The molecule has 2 rings (SSSR count). The van der Waals surface area contributed by atoms with Gasteiger partial charge in [0.1, 0.15) is 0 Å². The first-order chi connectivity index (χ1) is 8.29. The molecule has 0 aromatic heterocycles. The van der Waals surface area contributed by atoms with E-state index in [-0.39, 0.29) is 5.92 Å². The van der Waals surface area contributed by atoms with Gasteiger partial charge >= 0.3 is 0 Å². The molecule has 1 unspecified atom stereocenters. The minimum absolute atomic E-state index is 0.00111. The van der Waals surface area contributed by atoms with E-state index < -0.39 is 0 Å². The lowest BCUT2D eigenvalue weighted by Crippen LogP contribution is -2.33. The summed E-state index contributed by atoms with van der Waals surface area (Å²) in [4.78, 5) is 2.42. The van der Waals surface area contributed by atoms with E-state index in [2.05, 4.69) is 26.9 Å². The maximum Gasteiger partial charge on any atom is 0.0839 e. The molecule has 0 saturated carbocycles. The van der Waals surface area contributed by atoms with Crippen molar-refractivity contribution in [1.82, 2.24) is 4.90 Å². The van der Waals surface area contributed by atoms with E-state index in [1.54, 1.807) is 0 Å². The van der Waals surface area contributed by atoms with Crippen LogP contribution in [-0.4, -0.2) is 24.5 Å². The normalized spacial score (nSPS) is 18.6. The van der Waals surface area contributed by atoms with Crippen LogP contribution < -0.4 is 0 Å². The number of likely N-dealkylation sites (tertiary alicyclic amines) is 1. The average molecular weight is 293 g/mol. The highest BCUT2D eigenvalue weighted by atomic mass is 79.9. The Morgan fingerprint density at radius 2 is 1.82 bits per heavy atom. The Morgan fingerprint density at radius 3 is 2.41 bits per heavy atom. The molecule has 1 aromatic carbocycles. The molecule has 17 heavy (non-hydrogen) atoms. The highest BCUT2D eigenvalue weighted by molar-refractivity contribution is 9.10. The summed E-state index contributed by atoms with van der Waals surface area (Å²) in [6, 6.07) is 10.5. The van der Waals surface area contributed by atoms with Crippen molar-refractivity contribution in [3.05, 3.63) is 34.3 Å². The van der Waals surface area contributed by atoms with E-state index in [0.29, 0.717) is 0 Å². The maximum atomic E-state index is 9.29. The number of hydrogen-bond donors (Lipinski definition) is 0. The first-order valence-corrected chi connectivity index (χ1v) is 6.96. The zero-order valence-electron chi connectivity index (χ0n) is 9.90. The summed E-state index contributed by atoms with van der Waals surface area (Å²) in [6.45, 7) is 3.17. The van der Waals surface area contributed by atoms with Gasteiger partial charge in [-0.15, -0.1) is 0 Å². The minimum Gasteiger partial charge on any atom is -0.302 e. The molecule has 1 aromatic rings. The van der Waals surface area contributed by atoms with Crippen molar-refractivity contribution >= 4 is 15.9 Å². The Kier molecular flexibility index (Phi) is 4.58. The zero-order valence-corrected chi connectivity index (χ0v) is 11.5. The number of rotatable bonds is 3. The molecular weight excluding hydrogens is 276 g/mol. The van der Waals surface area contributed by atoms with Gasteiger partial charge in [0, 0.05) is 11.0 Å². The van der Waals surface area contributed by atoms with Crippen molar-refractivity contribution in [1.29, 1.82) is 5.26 Å². The van der Waals surface area contributed by atoms with E-state index in [1.807, 2.05) is 24.3 Å². The molecule has 1 fully saturated rings. The van der Waals surface area contributed by atoms with E-state index in [9.17, 15) is 5.26 Å². The number of piperidine rings is 1. The van der Waals surface area contributed by atoms with Gasteiger partial charge in [0.2, 0.25) is 0 Å². The maximum absolute atomic E-state index is 9.29. The van der Waals surface area contributed by atoms with Gasteiger partial charge in [0.05, 0.1) is 12.0 Å². The molecule has 90 valence electrons.